The number of aromatic amines is 1. The highest BCUT2D eigenvalue weighted by Gasteiger charge is 2.12. The largest absolute Gasteiger partial charge is 0.478 e. The van der Waals surface area contributed by atoms with E-state index in [0.717, 1.165) is 24.2 Å². The molecular weight excluding hydrogens is 382 g/mol. The molecule has 0 amide bonds. The predicted octanol–water partition coefficient (Wildman–Crippen LogP) is 1.96. The summed E-state index contributed by atoms with van der Waals surface area (Å²) in [6, 6.07) is 9.28. The van der Waals surface area contributed by atoms with Crippen molar-refractivity contribution < 1.29 is 4.74 Å². The SMILES string of the molecule is CN(C)CCCOc1ccc(-c2cnc3c(n2)[nH]c(=O)n3Cc2ccccn2)cn1. The topological polar surface area (TPSA) is 102 Å². The number of fused-ring (bicyclic) bond motifs is 1. The van der Waals surface area contributed by atoms with Crippen LogP contribution in [0.1, 0.15) is 12.1 Å². The van der Waals surface area contributed by atoms with Gasteiger partial charge in [0.1, 0.15) is 0 Å². The zero-order valence-electron chi connectivity index (χ0n) is 16.9. The highest BCUT2D eigenvalue weighted by atomic mass is 16.5. The van der Waals surface area contributed by atoms with Crippen molar-refractivity contribution in [2.24, 2.45) is 0 Å². The number of imidazole rings is 1. The average Bonchev–Trinajstić information content (AvgIpc) is 3.06. The third-order valence-electron chi connectivity index (χ3n) is 4.56. The zero-order chi connectivity index (χ0) is 20.9. The Labute approximate surface area is 173 Å². The van der Waals surface area contributed by atoms with Crippen LogP contribution in [0.2, 0.25) is 0 Å². The molecule has 0 aliphatic carbocycles. The van der Waals surface area contributed by atoms with Gasteiger partial charge in [-0.2, -0.15) is 0 Å². The summed E-state index contributed by atoms with van der Waals surface area (Å²) in [5.41, 5.74) is 2.84. The lowest BCUT2D eigenvalue weighted by atomic mass is 10.2. The predicted molar refractivity (Wildman–Crippen MR) is 113 cm³/mol. The number of nitrogens with one attached hydrogen (secondary N) is 1. The van der Waals surface area contributed by atoms with Crippen LogP contribution in [0, 0.1) is 0 Å². The molecular formula is C21H23N7O2. The van der Waals surface area contributed by atoms with Gasteiger partial charge in [-0.25, -0.2) is 19.7 Å². The lowest BCUT2D eigenvalue weighted by molar-refractivity contribution is 0.273. The second-order valence-corrected chi connectivity index (χ2v) is 7.16. The molecule has 4 heterocycles. The Bertz CT molecular complexity index is 1170. The van der Waals surface area contributed by atoms with Gasteiger partial charge in [0.2, 0.25) is 5.88 Å². The molecule has 1 N–H and O–H groups in total. The molecule has 9 heteroatoms. The van der Waals surface area contributed by atoms with E-state index in [9.17, 15) is 4.79 Å². The number of pyridine rings is 2. The molecule has 0 saturated heterocycles. The fourth-order valence-electron chi connectivity index (χ4n) is 3.04. The van der Waals surface area contributed by atoms with Crippen LogP contribution < -0.4 is 10.4 Å². The molecule has 154 valence electrons. The monoisotopic (exact) mass is 405 g/mol. The van der Waals surface area contributed by atoms with Gasteiger partial charge in [-0.15, -0.1) is 0 Å². The second-order valence-electron chi connectivity index (χ2n) is 7.16. The fourth-order valence-corrected chi connectivity index (χ4v) is 3.04. The van der Waals surface area contributed by atoms with Gasteiger partial charge in [-0.05, 0) is 38.7 Å². The normalized spacial score (nSPS) is 11.3. The average molecular weight is 405 g/mol. The second kappa shape index (κ2) is 8.83. The highest BCUT2D eigenvalue weighted by molar-refractivity contribution is 5.70. The Morgan fingerprint density at radius 3 is 2.73 bits per heavy atom. The van der Waals surface area contributed by atoms with E-state index in [-0.39, 0.29) is 5.69 Å². The Kier molecular flexibility index (Phi) is 5.80. The van der Waals surface area contributed by atoms with Crippen LogP contribution in [0.3, 0.4) is 0 Å². The lowest BCUT2D eigenvalue weighted by Crippen LogP contribution is -2.18. The maximum atomic E-state index is 12.4. The van der Waals surface area contributed by atoms with Crippen molar-refractivity contribution in [2.45, 2.75) is 13.0 Å². The van der Waals surface area contributed by atoms with E-state index >= 15 is 0 Å². The van der Waals surface area contributed by atoms with Gasteiger partial charge in [0.05, 0.1) is 30.7 Å². The summed E-state index contributed by atoms with van der Waals surface area (Å²) in [5, 5.41) is 0. The molecule has 9 nitrogen and oxygen atoms in total. The minimum atomic E-state index is -0.271. The summed E-state index contributed by atoms with van der Waals surface area (Å²) in [7, 11) is 4.07. The minimum absolute atomic E-state index is 0.271. The van der Waals surface area contributed by atoms with Crippen LogP contribution in [0.4, 0.5) is 0 Å². The molecule has 0 saturated carbocycles. The van der Waals surface area contributed by atoms with E-state index in [1.165, 1.54) is 4.57 Å². The van der Waals surface area contributed by atoms with E-state index in [0.29, 0.717) is 36.0 Å². The van der Waals surface area contributed by atoms with E-state index in [4.69, 9.17) is 4.74 Å². The third-order valence-corrected chi connectivity index (χ3v) is 4.56. The van der Waals surface area contributed by atoms with Gasteiger partial charge in [-0.1, -0.05) is 6.07 Å². The maximum absolute atomic E-state index is 12.4. The summed E-state index contributed by atoms with van der Waals surface area (Å²) in [6.45, 7) is 1.91. The van der Waals surface area contributed by atoms with Crippen molar-refractivity contribution >= 4 is 11.3 Å². The van der Waals surface area contributed by atoms with Crippen molar-refractivity contribution in [3.8, 4) is 17.1 Å². The Hall–Kier alpha value is -3.59. The number of ether oxygens (including phenoxy) is 1. The van der Waals surface area contributed by atoms with E-state index in [1.54, 1.807) is 18.6 Å². The summed E-state index contributed by atoms with van der Waals surface area (Å²) < 4.78 is 7.19. The van der Waals surface area contributed by atoms with Crippen molar-refractivity contribution in [3.05, 3.63) is 65.1 Å². The molecule has 0 atom stereocenters. The summed E-state index contributed by atoms with van der Waals surface area (Å²) in [4.78, 5) is 34.9. The Morgan fingerprint density at radius 1 is 1.10 bits per heavy atom. The molecule has 0 unspecified atom stereocenters. The molecule has 0 aliphatic heterocycles. The maximum Gasteiger partial charge on any atom is 0.329 e. The van der Waals surface area contributed by atoms with Crippen LogP contribution >= 0.6 is 0 Å². The molecule has 0 fully saturated rings. The van der Waals surface area contributed by atoms with Gasteiger partial charge in [0, 0.05) is 30.6 Å². The van der Waals surface area contributed by atoms with Gasteiger partial charge < -0.3 is 9.64 Å². The van der Waals surface area contributed by atoms with Gasteiger partial charge >= 0.3 is 5.69 Å². The van der Waals surface area contributed by atoms with E-state index in [2.05, 4.69) is 29.8 Å². The molecule has 0 aromatic carbocycles. The van der Waals surface area contributed by atoms with E-state index in [1.807, 2.05) is 44.4 Å². The van der Waals surface area contributed by atoms with Crippen LogP contribution in [0.5, 0.6) is 5.88 Å². The number of hydrogen-bond donors (Lipinski definition) is 1. The van der Waals surface area contributed by atoms with Crippen molar-refractivity contribution in [2.75, 3.05) is 27.2 Å². The Morgan fingerprint density at radius 2 is 2.00 bits per heavy atom. The molecule has 30 heavy (non-hydrogen) atoms. The molecule has 0 spiro atoms. The first kappa shape index (κ1) is 19.7. The van der Waals surface area contributed by atoms with Crippen LogP contribution in [0.25, 0.3) is 22.6 Å². The Balaban J connectivity index is 1.50. The van der Waals surface area contributed by atoms with Gasteiger partial charge in [0.15, 0.2) is 11.3 Å². The number of aromatic nitrogens is 6. The first-order chi connectivity index (χ1) is 14.6. The molecule has 4 aromatic rings. The molecule has 4 aromatic heterocycles. The van der Waals surface area contributed by atoms with Crippen LogP contribution in [-0.4, -0.2) is 61.6 Å². The zero-order valence-corrected chi connectivity index (χ0v) is 16.9. The summed E-state index contributed by atoms with van der Waals surface area (Å²) in [6.07, 6.45) is 5.96. The number of nitrogens with zero attached hydrogens (tertiary/aromatic N) is 6. The first-order valence-electron chi connectivity index (χ1n) is 9.69. The first-order valence-corrected chi connectivity index (χ1v) is 9.69. The molecule has 0 radical (unpaired) electrons. The highest BCUT2D eigenvalue weighted by Crippen LogP contribution is 2.19. The van der Waals surface area contributed by atoms with Gasteiger partial charge in [-0.3, -0.25) is 14.5 Å². The number of rotatable bonds is 8. The van der Waals surface area contributed by atoms with Crippen molar-refractivity contribution in [1.82, 2.24) is 34.4 Å². The summed E-state index contributed by atoms with van der Waals surface area (Å²) >= 11 is 0. The third kappa shape index (κ3) is 4.52. The minimum Gasteiger partial charge on any atom is -0.478 e. The fraction of sp³-hybridized carbons (Fsp3) is 0.286. The molecule has 0 aliphatic rings. The molecule has 4 rings (SSSR count). The van der Waals surface area contributed by atoms with Crippen LogP contribution in [-0.2, 0) is 6.54 Å². The van der Waals surface area contributed by atoms with Crippen molar-refractivity contribution in [3.63, 3.8) is 0 Å². The van der Waals surface area contributed by atoms with Crippen LogP contribution in [0.15, 0.2) is 53.7 Å². The quantitative estimate of drug-likeness (QED) is 0.447. The smallest absolute Gasteiger partial charge is 0.329 e. The summed E-state index contributed by atoms with van der Waals surface area (Å²) in [5.74, 6) is 0.571. The number of H-pyrrole nitrogens is 1. The lowest BCUT2D eigenvalue weighted by Gasteiger charge is -2.10. The van der Waals surface area contributed by atoms with E-state index < -0.39 is 0 Å². The number of hydrogen-bond acceptors (Lipinski definition) is 7. The standard InChI is InChI=1S/C21H23N7O2/c1-27(2)10-5-11-30-18-8-7-15(12-23-18)17-13-24-20-19(25-17)26-21(29)28(20)14-16-6-3-4-9-22-16/h3-4,6-9,12-13H,5,10-11,14H2,1-2H3,(H,25,26,29). The van der Waals surface area contributed by atoms with Gasteiger partial charge in [0.25, 0.3) is 0 Å². The molecule has 0 bridgehead atoms. The van der Waals surface area contributed by atoms with Crippen molar-refractivity contribution in [1.29, 1.82) is 0 Å².